The molecule has 0 aromatic rings. The fourth-order valence-electron chi connectivity index (χ4n) is 0.495. The molecule has 1 N–H and O–H groups in total. The highest BCUT2D eigenvalue weighted by atomic mass is 16.3. The van der Waals surface area contributed by atoms with Crippen molar-refractivity contribution < 1.29 is 9.90 Å². The monoisotopic (exact) mass is 115 g/mol. The molecule has 0 aliphatic carbocycles. The molecule has 0 aromatic carbocycles. The van der Waals surface area contributed by atoms with E-state index in [9.17, 15) is 4.79 Å². The summed E-state index contributed by atoms with van der Waals surface area (Å²) in [6.45, 7) is 3.89. The molecule has 0 heterocycles. The lowest BCUT2D eigenvalue weighted by atomic mass is 10.1. The molecule has 0 rings (SSSR count). The second-order valence-corrected chi connectivity index (χ2v) is 2.26. The Balaban J connectivity index is 3.23. The Morgan fingerprint density at radius 1 is 1.62 bits per heavy atom. The molecule has 0 aliphatic rings. The van der Waals surface area contributed by atoms with E-state index in [4.69, 9.17) is 5.11 Å². The van der Waals surface area contributed by atoms with Gasteiger partial charge in [-0.2, -0.15) is 0 Å². The molecule has 2 heteroatoms. The number of rotatable bonds is 3. The maximum atomic E-state index is 9.67. The van der Waals surface area contributed by atoms with Crippen LogP contribution in [-0.4, -0.2) is 17.5 Å². The van der Waals surface area contributed by atoms with Gasteiger partial charge in [-0.3, -0.25) is 4.79 Å². The van der Waals surface area contributed by atoms with Crippen LogP contribution in [0.3, 0.4) is 0 Å². The Bertz CT molecular complexity index is 68.9. The summed E-state index contributed by atoms with van der Waals surface area (Å²) >= 11 is 0. The zero-order valence-electron chi connectivity index (χ0n) is 5.22. The van der Waals surface area contributed by atoms with Crippen molar-refractivity contribution in [3.05, 3.63) is 0 Å². The summed E-state index contributed by atoms with van der Waals surface area (Å²) in [4.78, 5) is 9.67. The molecular weight excluding hydrogens is 104 g/mol. The average molecular weight is 115 g/mol. The van der Waals surface area contributed by atoms with Gasteiger partial charge in [0, 0.05) is 0 Å². The summed E-state index contributed by atoms with van der Waals surface area (Å²) in [6, 6.07) is 0. The minimum absolute atomic E-state index is 0.367. The minimum atomic E-state index is -0.880. The van der Waals surface area contributed by atoms with Gasteiger partial charge >= 0.3 is 0 Å². The maximum Gasteiger partial charge on any atom is 0.229 e. The first-order chi connectivity index (χ1) is 3.66. The zero-order chi connectivity index (χ0) is 6.57. The standard InChI is InChI=1S/C6H11O2/c1-5(2)3-6(8)4-7/h5-6,8H,3H2,1-2H3. The van der Waals surface area contributed by atoms with Crippen molar-refractivity contribution in [3.8, 4) is 0 Å². The van der Waals surface area contributed by atoms with E-state index in [1.165, 1.54) is 6.29 Å². The fourth-order valence-corrected chi connectivity index (χ4v) is 0.495. The minimum Gasteiger partial charge on any atom is -0.385 e. The number of hydrogen-bond donors (Lipinski definition) is 1. The first-order valence-electron chi connectivity index (χ1n) is 2.72. The predicted molar refractivity (Wildman–Crippen MR) is 31.2 cm³/mol. The normalized spacial score (nSPS) is 14.0. The van der Waals surface area contributed by atoms with E-state index in [1.54, 1.807) is 0 Å². The number of aliphatic hydroxyl groups is 1. The summed E-state index contributed by atoms with van der Waals surface area (Å²) in [7, 11) is 0. The third kappa shape index (κ3) is 3.81. The predicted octanol–water partition coefficient (Wildman–Crippen LogP) is 0.503. The van der Waals surface area contributed by atoms with E-state index in [2.05, 4.69) is 0 Å². The van der Waals surface area contributed by atoms with E-state index in [0.717, 1.165) is 0 Å². The topological polar surface area (TPSA) is 37.3 Å². The summed E-state index contributed by atoms with van der Waals surface area (Å²) in [5.74, 6) is 0.367. The summed E-state index contributed by atoms with van der Waals surface area (Å²) < 4.78 is 0. The molecule has 2 nitrogen and oxygen atoms in total. The Kier molecular flexibility index (Phi) is 3.44. The van der Waals surface area contributed by atoms with Gasteiger partial charge in [0.2, 0.25) is 6.29 Å². The van der Waals surface area contributed by atoms with Gasteiger partial charge in [0.25, 0.3) is 0 Å². The van der Waals surface area contributed by atoms with Crippen molar-refractivity contribution in [2.45, 2.75) is 26.4 Å². The highest BCUT2D eigenvalue weighted by molar-refractivity contribution is 5.56. The fraction of sp³-hybridized carbons (Fsp3) is 0.833. The van der Waals surface area contributed by atoms with Crippen LogP contribution in [0.5, 0.6) is 0 Å². The van der Waals surface area contributed by atoms with Crippen LogP contribution in [0.15, 0.2) is 0 Å². The first kappa shape index (κ1) is 7.63. The van der Waals surface area contributed by atoms with Gasteiger partial charge in [0.05, 0.1) is 0 Å². The molecule has 0 saturated heterocycles. The highest BCUT2D eigenvalue weighted by Gasteiger charge is 2.03. The zero-order valence-corrected chi connectivity index (χ0v) is 5.22. The van der Waals surface area contributed by atoms with Crippen molar-refractivity contribution in [1.82, 2.24) is 0 Å². The van der Waals surface area contributed by atoms with E-state index < -0.39 is 6.10 Å². The Morgan fingerprint density at radius 2 is 2.12 bits per heavy atom. The molecule has 0 bridgehead atoms. The van der Waals surface area contributed by atoms with Crippen molar-refractivity contribution >= 4 is 6.29 Å². The summed E-state index contributed by atoms with van der Waals surface area (Å²) in [5.41, 5.74) is 0. The largest absolute Gasteiger partial charge is 0.385 e. The molecule has 0 aliphatic heterocycles. The van der Waals surface area contributed by atoms with Crippen LogP contribution in [0.25, 0.3) is 0 Å². The maximum absolute atomic E-state index is 9.67. The van der Waals surface area contributed by atoms with Gasteiger partial charge in [0.15, 0.2) is 0 Å². The smallest absolute Gasteiger partial charge is 0.229 e. The lowest BCUT2D eigenvalue weighted by molar-refractivity contribution is 0.206. The average Bonchev–Trinajstić information content (AvgIpc) is 1.65. The molecule has 0 spiro atoms. The molecule has 1 unspecified atom stereocenters. The van der Waals surface area contributed by atoms with Gasteiger partial charge in [-0.1, -0.05) is 13.8 Å². The third-order valence-electron chi connectivity index (χ3n) is 0.831. The highest BCUT2D eigenvalue weighted by Crippen LogP contribution is 2.01. The first-order valence-corrected chi connectivity index (χ1v) is 2.72. The van der Waals surface area contributed by atoms with Crippen LogP contribution in [0.2, 0.25) is 0 Å². The molecule has 0 fully saturated rings. The van der Waals surface area contributed by atoms with Gasteiger partial charge in [-0.25, -0.2) is 0 Å². The van der Waals surface area contributed by atoms with Crippen LogP contribution in [0, 0.1) is 5.92 Å². The van der Waals surface area contributed by atoms with Crippen LogP contribution in [-0.2, 0) is 4.79 Å². The second-order valence-electron chi connectivity index (χ2n) is 2.26. The van der Waals surface area contributed by atoms with Gasteiger partial charge < -0.3 is 5.11 Å². The van der Waals surface area contributed by atoms with Crippen molar-refractivity contribution in [3.63, 3.8) is 0 Å². The van der Waals surface area contributed by atoms with Gasteiger partial charge in [0.1, 0.15) is 6.10 Å². The van der Waals surface area contributed by atoms with Crippen molar-refractivity contribution in [2.75, 3.05) is 0 Å². The summed E-state index contributed by atoms with van der Waals surface area (Å²) in [5, 5.41) is 8.60. The van der Waals surface area contributed by atoms with E-state index >= 15 is 0 Å². The third-order valence-corrected chi connectivity index (χ3v) is 0.831. The van der Waals surface area contributed by atoms with Crippen molar-refractivity contribution in [2.24, 2.45) is 5.92 Å². The Hall–Kier alpha value is -0.370. The van der Waals surface area contributed by atoms with Crippen LogP contribution >= 0.6 is 0 Å². The van der Waals surface area contributed by atoms with E-state index in [-0.39, 0.29) is 0 Å². The quantitative estimate of drug-likeness (QED) is 0.581. The molecule has 1 radical (unpaired) electrons. The molecule has 0 aromatic heterocycles. The number of carbonyl (C=O) groups excluding carboxylic acids is 1. The van der Waals surface area contributed by atoms with Crippen molar-refractivity contribution in [1.29, 1.82) is 0 Å². The van der Waals surface area contributed by atoms with Gasteiger partial charge in [-0.05, 0) is 12.3 Å². The summed E-state index contributed by atoms with van der Waals surface area (Å²) in [6.07, 6.45) is 1.14. The van der Waals surface area contributed by atoms with E-state index in [1.807, 2.05) is 13.8 Å². The van der Waals surface area contributed by atoms with Gasteiger partial charge in [-0.15, -0.1) is 0 Å². The molecular formula is C6H11O2. The molecule has 0 amide bonds. The number of aliphatic hydroxyl groups excluding tert-OH is 1. The molecule has 0 saturated carbocycles. The van der Waals surface area contributed by atoms with E-state index in [0.29, 0.717) is 12.3 Å². The Labute approximate surface area is 49.5 Å². The lowest BCUT2D eigenvalue weighted by Gasteiger charge is -2.03. The molecule has 8 heavy (non-hydrogen) atoms. The molecule has 1 atom stereocenters. The second kappa shape index (κ2) is 3.61. The van der Waals surface area contributed by atoms with Crippen LogP contribution in [0.1, 0.15) is 20.3 Å². The molecule has 47 valence electrons. The Morgan fingerprint density at radius 3 is 2.25 bits per heavy atom. The number of hydrogen-bond acceptors (Lipinski definition) is 2. The van der Waals surface area contributed by atoms with Crippen LogP contribution in [0.4, 0.5) is 0 Å². The lowest BCUT2D eigenvalue weighted by Crippen LogP contribution is -2.10. The van der Waals surface area contributed by atoms with Crippen LogP contribution < -0.4 is 0 Å². The SMILES string of the molecule is CC(C)CC(O)[C]=O.